The number of aromatic nitrogens is 3. The molecule has 1 aromatic carbocycles. The van der Waals surface area contributed by atoms with Crippen LogP contribution in [0.15, 0.2) is 36.7 Å². The van der Waals surface area contributed by atoms with Crippen LogP contribution in [0.25, 0.3) is 22.3 Å². The second-order valence-corrected chi connectivity index (χ2v) is 5.54. The smallest absolute Gasteiger partial charge is 0.338 e. The first kappa shape index (κ1) is 17.5. The Labute approximate surface area is 145 Å². The monoisotopic (exact) mass is 362 g/mol. The SMILES string of the molecule is Cc1nn(C(F)F)cc1-c1cnc(N)c(-c2ccc(C(=O)O)c(F)c2)c1. The number of rotatable bonds is 4. The third-order valence-electron chi connectivity index (χ3n) is 3.86. The first-order chi connectivity index (χ1) is 12.3. The van der Waals surface area contributed by atoms with E-state index in [9.17, 15) is 18.0 Å². The highest BCUT2D eigenvalue weighted by Gasteiger charge is 2.16. The lowest BCUT2D eigenvalue weighted by Crippen LogP contribution is -2.01. The van der Waals surface area contributed by atoms with Crippen molar-refractivity contribution in [3.8, 4) is 22.3 Å². The lowest BCUT2D eigenvalue weighted by molar-refractivity contribution is 0.0563. The number of nitrogens with two attached hydrogens (primary N) is 1. The lowest BCUT2D eigenvalue weighted by Gasteiger charge is -2.09. The van der Waals surface area contributed by atoms with Gasteiger partial charge in [0.25, 0.3) is 0 Å². The van der Waals surface area contributed by atoms with Gasteiger partial charge in [-0.05, 0) is 30.7 Å². The van der Waals surface area contributed by atoms with E-state index in [1.807, 2.05) is 0 Å². The molecule has 0 aliphatic rings. The summed E-state index contributed by atoms with van der Waals surface area (Å²) in [7, 11) is 0. The van der Waals surface area contributed by atoms with Crippen LogP contribution in [-0.2, 0) is 0 Å². The minimum Gasteiger partial charge on any atom is -0.478 e. The minimum absolute atomic E-state index is 0.0927. The molecule has 2 aromatic heterocycles. The van der Waals surface area contributed by atoms with Gasteiger partial charge in [-0.3, -0.25) is 0 Å². The molecule has 0 saturated carbocycles. The Hall–Kier alpha value is -3.36. The fraction of sp³-hybridized carbons (Fsp3) is 0.118. The van der Waals surface area contributed by atoms with Crippen molar-refractivity contribution in [2.45, 2.75) is 13.5 Å². The van der Waals surface area contributed by atoms with Crippen molar-refractivity contribution in [3.05, 3.63) is 53.7 Å². The fourth-order valence-electron chi connectivity index (χ4n) is 2.57. The highest BCUT2D eigenvalue weighted by molar-refractivity contribution is 5.89. The van der Waals surface area contributed by atoms with Gasteiger partial charge in [0, 0.05) is 29.1 Å². The fourth-order valence-corrected chi connectivity index (χ4v) is 2.57. The Morgan fingerprint density at radius 3 is 2.54 bits per heavy atom. The van der Waals surface area contributed by atoms with Gasteiger partial charge in [-0.1, -0.05) is 6.07 Å². The number of aromatic carboxylic acids is 1. The number of hydrogen-bond acceptors (Lipinski definition) is 4. The maximum Gasteiger partial charge on any atom is 0.338 e. The van der Waals surface area contributed by atoms with Gasteiger partial charge in [-0.2, -0.15) is 13.9 Å². The number of nitrogens with zero attached hydrogens (tertiary/aromatic N) is 3. The maximum absolute atomic E-state index is 14.0. The van der Waals surface area contributed by atoms with E-state index in [2.05, 4.69) is 10.1 Å². The van der Waals surface area contributed by atoms with E-state index in [-0.39, 0.29) is 5.82 Å². The number of alkyl halides is 2. The van der Waals surface area contributed by atoms with Crippen LogP contribution >= 0.6 is 0 Å². The van der Waals surface area contributed by atoms with E-state index < -0.39 is 23.9 Å². The number of pyridine rings is 1. The summed E-state index contributed by atoms with van der Waals surface area (Å²) in [5, 5.41) is 12.6. The zero-order valence-electron chi connectivity index (χ0n) is 13.4. The van der Waals surface area contributed by atoms with Crippen molar-refractivity contribution in [1.29, 1.82) is 0 Å². The van der Waals surface area contributed by atoms with Crippen molar-refractivity contribution in [1.82, 2.24) is 14.8 Å². The molecule has 0 radical (unpaired) electrons. The molecule has 6 nitrogen and oxygen atoms in total. The average Bonchev–Trinajstić information content (AvgIpc) is 2.97. The van der Waals surface area contributed by atoms with Crippen LogP contribution in [0.1, 0.15) is 22.6 Å². The molecule has 3 rings (SSSR count). The zero-order valence-corrected chi connectivity index (χ0v) is 13.4. The van der Waals surface area contributed by atoms with Gasteiger partial charge in [0.15, 0.2) is 0 Å². The molecule has 0 aliphatic carbocycles. The summed E-state index contributed by atoms with van der Waals surface area (Å²) in [6.07, 6.45) is 2.59. The molecule has 2 heterocycles. The molecule has 0 fully saturated rings. The molecule has 0 bridgehead atoms. The van der Waals surface area contributed by atoms with E-state index in [4.69, 9.17) is 10.8 Å². The summed E-state index contributed by atoms with van der Waals surface area (Å²) in [5.74, 6) is -2.21. The normalized spacial score (nSPS) is 11.1. The number of nitrogen functional groups attached to an aromatic ring is 1. The number of carbonyl (C=O) groups is 1. The Morgan fingerprint density at radius 2 is 1.96 bits per heavy atom. The van der Waals surface area contributed by atoms with Crippen LogP contribution in [0.2, 0.25) is 0 Å². The molecule has 0 atom stereocenters. The Balaban J connectivity index is 2.09. The Morgan fingerprint density at radius 1 is 1.23 bits per heavy atom. The van der Waals surface area contributed by atoms with Gasteiger partial charge in [-0.25, -0.2) is 18.9 Å². The van der Waals surface area contributed by atoms with Gasteiger partial charge in [0.2, 0.25) is 0 Å². The second-order valence-electron chi connectivity index (χ2n) is 5.54. The third kappa shape index (κ3) is 3.10. The number of halogens is 3. The molecular weight excluding hydrogens is 349 g/mol. The number of hydrogen-bond donors (Lipinski definition) is 2. The van der Waals surface area contributed by atoms with Gasteiger partial charge >= 0.3 is 12.5 Å². The molecule has 3 N–H and O–H groups in total. The van der Waals surface area contributed by atoms with Gasteiger partial charge in [0.1, 0.15) is 11.6 Å². The van der Waals surface area contributed by atoms with E-state index >= 15 is 0 Å². The predicted octanol–water partition coefficient (Wildman–Crippen LogP) is 3.74. The molecule has 3 aromatic rings. The molecule has 0 spiro atoms. The number of aryl methyl sites for hydroxylation is 1. The van der Waals surface area contributed by atoms with E-state index in [0.717, 1.165) is 12.1 Å². The van der Waals surface area contributed by atoms with Crippen LogP contribution in [0.5, 0.6) is 0 Å². The molecule has 0 aliphatic heterocycles. The highest BCUT2D eigenvalue weighted by atomic mass is 19.3. The first-order valence-electron chi connectivity index (χ1n) is 7.41. The molecule has 0 amide bonds. The van der Waals surface area contributed by atoms with Crippen molar-refractivity contribution < 1.29 is 23.1 Å². The summed E-state index contributed by atoms with van der Waals surface area (Å²) in [6, 6.07) is 5.13. The van der Waals surface area contributed by atoms with Gasteiger partial charge in [0.05, 0.1) is 11.3 Å². The van der Waals surface area contributed by atoms with E-state index in [1.165, 1.54) is 18.5 Å². The molecule has 26 heavy (non-hydrogen) atoms. The van der Waals surface area contributed by atoms with Crippen molar-refractivity contribution in [3.63, 3.8) is 0 Å². The number of carboxylic acids is 1. The van der Waals surface area contributed by atoms with Gasteiger partial charge < -0.3 is 10.8 Å². The average molecular weight is 362 g/mol. The molecule has 0 saturated heterocycles. The standard InChI is InChI=1S/C17H13F3N4O2/c1-8-13(7-24(23-8)17(19)20)10-4-12(15(21)22-6-10)9-2-3-11(16(25)26)14(18)5-9/h2-7,17H,1H3,(H2,21,22)(H,25,26). The van der Waals surface area contributed by atoms with Crippen LogP contribution < -0.4 is 5.73 Å². The number of anilines is 1. The highest BCUT2D eigenvalue weighted by Crippen LogP contribution is 2.32. The van der Waals surface area contributed by atoms with Crippen molar-refractivity contribution in [2.24, 2.45) is 0 Å². The molecular formula is C17H13F3N4O2. The lowest BCUT2D eigenvalue weighted by atomic mass is 10.00. The topological polar surface area (TPSA) is 94.0 Å². The summed E-state index contributed by atoms with van der Waals surface area (Å²) in [6.45, 7) is -1.20. The summed E-state index contributed by atoms with van der Waals surface area (Å²) in [4.78, 5) is 15.0. The predicted molar refractivity (Wildman–Crippen MR) is 88.2 cm³/mol. The summed E-state index contributed by atoms with van der Waals surface area (Å²) < 4.78 is 40.1. The quantitative estimate of drug-likeness (QED) is 0.737. The second kappa shape index (κ2) is 6.51. The zero-order chi connectivity index (χ0) is 19.0. The van der Waals surface area contributed by atoms with Crippen LogP contribution in [0, 0.1) is 12.7 Å². The van der Waals surface area contributed by atoms with Gasteiger partial charge in [-0.15, -0.1) is 0 Å². The Bertz CT molecular complexity index is 1000. The largest absolute Gasteiger partial charge is 0.478 e. The van der Waals surface area contributed by atoms with Crippen LogP contribution in [0.4, 0.5) is 19.0 Å². The number of carboxylic acid groups (broad SMARTS) is 1. The van der Waals surface area contributed by atoms with Crippen molar-refractivity contribution >= 4 is 11.8 Å². The van der Waals surface area contributed by atoms with Crippen LogP contribution in [0.3, 0.4) is 0 Å². The maximum atomic E-state index is 14.0. The first-order valence-corrected chi connectivity index (χ1v) is 7.41. The number of benzene rings is 1. The van der Waals surface area contributed by atoms with Crippen LogP contribution in [-0.4, -0.2) is 25.8 Å². The summed E-state index contributed by atoms with van der Waals surface area (Å²) in [5.41, 5.74) is 7.32. The van der Waals surface area contributed by atoms with E-state index in [0.29, 0.717) is 32.6 Å². The third-order valence-corrected chi connectivity index (χ3v) is 3.86. The Kier molecular flexibility index (Phi) is 4.37. The molecule has 134 valence electrons. The van der Waals surface area contributed by atoms with Crippen molar-refractivity contribution in [2.75, 3.05) is 5.73 Å². The molecule has 9 heteroatoms. The molecule has 0 unspecified atom stereocenters. The summed E-state index contributed by atoms with van der Waals surface area (Å²) >= 11 is 0. The minimum atomic E-state index is -2.78. The van der Waals surface area contributed by atoms with E-state index in [1.54, 1.807) is 13.0 Å².